The Morgan fingerprint density at radius 1 is 1.05 bits per heavy atom. The van der Waals surface area contributed by atoms with Crippen LogP contribution in [-0.4, -0.2) is 18.9 Å². The summed E-state index contributed by atoms with van der Waals surface area (Å²) in [7, 11) is 0. The highest BCUT2D eigenvalue weighted by Crippen LogP contribution is 2.47. The molecule has 0 radical (unpaired) electrons. The number of benzene rings is 1. The lowest BCUT2D eigenvalue weighted by Crippen LogP contribution is -2.46. The van der Waals surface area contributed by atoms with Crippen LogP contribution in [0, 0.1) is 5.92 Å². The third kappa shape index (κ3) is 4.66. The maximum atomic E-state index is 12.9. The molecule has 0 aliphatic rings. The van der Waals surface area contributed by atoms with Gasteiger partial charge in [-0.05, 0) is 24.2 Å². The standard InChI is InChI=1S/C12H11Cl2F6N/c1-2-21-9(7-4-3-6(13)5-8(7)14)10(11(15,16)17)12(18,19)20/h3-5,9-10,21H,2H2,1H3. The van der Waals surface area contributed by atoms with Crippen molar-refractivity contribution in [1.29, 1.82) is 0 Å². The molecule has 1 atom stereocenters. The molecule has 0 aromatic heterocycles. The van der Waals surface area contributed by atoms with Crippen molar-refractivity contribution < 1.29 is 26.3 Å². The summed E-state index contributed by atoms with van der Waals surface area (Å²) in [6.45, 7) is 1.31. The highest BCUT2D eigenvalue weighted by atomic mass is 35.5. The number of nitrogens with one attached hydrogen (secondary N) is 1. The minimum atomic E-state index is -5.46. The Kier molecular flexibility index (Phi) is 5.80. The maximum Gasteiger partial charge on any atom is 0.402 e. The normalized spacial score (nSPS) is 14.6. The summed E-state index contributed by atoms with van der Waals surface area (Å²) in [6.07, 6.45) is -10.9. The molecular weight excluding hydrogens is 343 g/mol. The van der Waals surface area contributed by atoms with Gasteiger partial charge < -0.3 is 5.32 Å². The van der Waals surface area contributed by atoms with Crippen molar-refractivity contribution in [2.24, 2.45) is 5.92 Å². The van der Waals surface area contributed by atoms with Crippen LogP contribution >= 0.6 is 23.2 Å². The van der Waals surface area contributed by atoms with Crippen LogP contribution in [0.15, 0.2) is 18.2 Å². The molecule has 1 aromatic carbocycles. The van der Waals surface area contributed by atoms with Crippen molar-refractivity contribution in [2.75, 3.05) is 6.54 Å². The number of rotatable bonds is 4. The lowest BCUT2D eigenvalue weighted by Gasteiger charge is -2.32. The smallest absolute Gasteiger partial charge is 0.309 e. The van der Waals surface area contributed by atoms with Gasteiger partial charge in [-0.3, -0.25) is 0 Å². The summed E-state index contributed by atoms with van der Waals surface area (Å²) in [6, 6.07) is 1.31. The van der Waals surface area contributed by atoms with Crippen molar-refractivity contribution in [3.05, 3.63) is 33.8 Å². The summed E-state index contributed by atoms with van der Waals surface area (Å²) in [5.41, 5.74) is -0.303. The summed E-state index contributed by atoms with van der Waals surface area (Å²) in [5, 5.41) is 2.07. The van der Waals surface area contributed by atoms with Crippen molar-refractivity contribution >= 4 is 23.2 Å². The zero-order valence-corrected chi connectivity index (χ0v) is 12.1. The number of halogens is 8. The lowest BCUT2D eigenvalue weighted by molar-refractivity contribution is -0.292. The van der Waals surface area contributed by atoms with E-state index >= 15 is 0 Å². The van der Waals surface area contributed by atoms with Crippen LogP contribution in [0.2, 0.25) is 10.0 Å². The summed E-state index contributed by atoms with van der Waals surface area (Å²) in [5.74, 6) is -3.57. The molecule has 0 saturated heterocycles. The van der Waals surface area contributed by atoms with Gasteiger partial charge in [0.1, 0.15) is 0 Å². The van der Waals surface area contributed by atoms with Gasteiger partial charge in [-0.1, -0.05) is 36.2 Å². The van der Waals surface area contributed by atoms with Gasteiger partial charge in [0.25, 0.3) is 0 Å². The summed E-state index contributed by atoms with van der Waals surface area (Å²) >= 11 is 11.4. The van der Waals surface area contributed by atoms with Gasteiger partial charge in [-0.25, -0.2) is 0 Å². The number of hydrogen-bond acceptors (Lipinski definition) is 1. The number of alkyl halides is 6. The quantitative estimate of drug-likeness (QED) is 0.716. The first kappa shape index (κ1) is 18.4. The van der Waals surface area contributed by atoms with E-state index in [1.54, 1.807) is 0 Å². The van der Waals surface area contributed by atoms with Crippen LogP contribution in [0.1, 0.15) is 18.5 Å². The zero-order chi connectivity index (χ0) is 16.4. The summed E-state index contributed by atoms with van der Waals surface area (Å²) < 4.78 is 77.1. The van der Waals surface area contributed by atoms with E-state index in [-0.39, 0.29) is 22.2 Å². The average molecular weight is 354 g/mol. The third-order valence-corrected chi connectivity index (χ3v) is 3.32. The van der Waals surface area contributed by atoms with Gasteiger partial charge in [0, 0.05) is 10.0 Å². The maximum absolute atomic E-state index is 12.9. The Morgan fingerprint density at radius 3 is 1.95 bits per heavy atom. The average Bonchev–Trinajstić information content (AvgIpc) is 2.24. The van der Waals surface area contributed by atoms with Gasteiger partial charge in [0.15, 0.2) is 5.92 Å². The molecule has 0 aliphatic carbocycles. The fraction of sp³-hybridized carbons (Fsp3) is 0.500. The van der Waals surface area contributed by atoms with E-state index in [0.29, 0.717) is 0 Å². The van der Waals surface area contributed by atoms with Gasteiger partial charge in [-0.2, -0.15) is 26.3 Å². The minimum absolute atomic E-state index is 0.0910. The Balaban J connectivity index is 3.38. The van der Waals surface area contributed by atoms with Gasteiger partial charge >= 0.3 is 12.4 Å². The largest absolute Gasteiger partial charge is 0.402 e. The molecule has 0 aliphatic heterocycles. The van der Waals surface area contributed by atoms with E-state index < -0.39 is 24.3 Å². The van der Waals surface area contributed by atoms with Crippen LogP contribution in [0.5, 0.6) is 0 Å². The molecule has 21 heavy (non-hydrogen) atoms. The molecule has 0 heterocycles. The SMILES string of the molecule is CCNC(c1ccc(Cl)cc1Cl)C(C(F)(F)F)C(F)(F)F. The van der Waals surface area contributed by atoms with Crippen LogP contribution in [0.3, 0.4) is 0 Å². The highest BCUT2D eigenvalue weighted by Gasteiger charge is 2.60. The second-order valence-corrected chi connectivity index (χ2v) is 5.11. The van der Waals surface area contributed by atoms with E-state index in [0.717, 1.165) is 12.1 Å². The Hall–Kier alpha value is -0.660. The molecule has 0 saturated carbocycles. The molecule has 9 heteroatoms. The molecule has 1 rings (SSSR count). The molecule has 1 unspecified atom stereocenters. The van der Waals surface area contributed by atoms with Crippen molar-refractivity contribution in [2.45, 2.75) is 25.3 Å². The van der Waals surface area contributed by atoms with E-state index in [4.69, 9.17) is 23.2 Å². The Morgan fingerprint density at radius 2 is 1.57 bits per heavy atom. The molecule has 0 fully saturated rings. The fourth-order valence-electron chi connectivity index (χ4n) is 1.94. The molecule has 0 spiro atoms. The zero-order valence-electron chi connectivity index (χ0n) is 10.6. The van der Waals surface area contributed by atoms with E-state index in [2.05, 4.69) is 5.32 Å². The lowest BCUT2D eigenvalue weighted by atomic mass is 9.91. The second-order valence-electron chi connectivity index (χ2n) is 4.26. The van der Waals surface area contributed by atoms with Gasteiger partial charge in [0.2, 0.25) is 0 Å². The van der Waals surface area contributed by atoms with Crippen molar-refractivity contribution in [1.82, 2.24) is 5.32 Å². The number of hydrogen-bond donors (Lipinski definition) is 1. The molecule has 1 N–H and O–H groups in total. The Labute approximate surface area is 127 Å². The first-order valence-corrected chi connectivity index (χ1v) is 6.55. The Bertz CT molecular complexity index is 472. The van der Waals surface area contributed by atoms with Crippen LogP contribution in [0.25, 0.3) is 0 Å². The third-order valence-electron chi connectivity index (χ3n) is 2.76. The van der Waals surface area contributed by atoms with E-state index in [1.165, 1.54) is 13.0 Å². The topological polar surface area (TPSA) is 12.0 Å². The highest BCUT2D eigenvalue weighted by molar-refractivity contribution is 6.35. The molecule has 0 bridgehead atoms. The monoisotopic (exact) mass is 353 g/mol. The first-order chi connectivity index (χ1) is 9.48. The molecule has 120 valence electrons. The van der Waals surface area contributed by atoms with Gasteiger partial charge in [0.05, 0.1) is 6.04 Å². The van der Waals surface area contributed by atoms with Crippen LogP contribution in [0.4, 0.5) is 26.3 Å². The van der Waals surface area contributed by atoms with Gasteiger partial charge in [-0.15, -0.1) is 0 Å². The van der Waals surface area contributed by atoms with E-state index in [9.17, 15) is 26.3 Å². The first-order valence-electron chi connectivity index (χ1n) is 5.80. The van der Waals surface area contributed by atoms with E-state index in [1.807, 2.05) is 0 Å². The molecule has 1 nitrogen and oxygen atoms in total. The molecular formula is C12H11Cl2F6N. The minimum Gasteiger partial charge on any atom is -0.309 e. The van der Waals surface area contributed by atoms with Crippen molar-refractivity contribution in [3.63, 3.8) is 0 Å². The predicted octanol–water partition coefficient (Wildman–Crippen LogP) is 5.38. The summed E-state index contributed by atoms with van der Waals surface area (Å²) in [4.78, 5) is 0. The van der Waals surface area contributed by atoms with Crippen LogP contribution < -0.4 is 5.32 Å². The van der Waals surface area contributed by atoms with Crippen LogP contribution in [-0.2, 0) is 0 Å². The van der Waals surface area contributed by atoms with Crippen molar-refractivity contribution in [3.8, 4) is 0 Å². The molecule has 1 aromatic rings. The molecule has 0 amide bonds. The predicted molar refractivity (Wildman–Crippen MR) is 68.5 cm³/mol. The fourth-order valence-corrected chi connectivity index (χ4v) is 2.47. The second kappa shape index (κ2) is 6.62.